The van der Waals surface area contributed by atoms with Crippen molar-refractivity contribution in [2.75, 3.05) is 22.1 Å². The third kappa shape index (κ3) is 4.96. The fraction of sp³-hybridized carbons (Fsp3) is 0.312. The number of amides is 1. The van der Waals surface area contributed by atoms with Gasteiger partial charge < -0.3 is 10.6 Å². The van der Waals surface area contributed by atoms with Crippen LogP contribution in [-0.2, 0) is 21.1 Å². The molecule has 1 unspecified atom stereocenters. The lowest BCUT2D eigenvalue weighted by Gasteiger charge is -2.11. The molecule has 0 saturated carbocycles. The van der Waals surface area contributed by atoms with E-state index in [0.717, 1.165) is 0 Å². The second kappa shape index (κ2) is 7.14. The molecule has 1 aliphatic heterocycles. The molecule has 7 nitrogen and oxygen atoms in total. The van der Waals surface area contributed by atoms with E-state index in [-0.39, 0.29) is 35.7 Å². The number of aromatic nitrogens is 2. The predicted molar refractivity (Wildman–Crippen MR) is 91.4 cm³/mol. The molecule has 1 amide bonds. The van der Waals surface area contributed by atoms with Crippen LogP contribution < -0.4 is 10.6 Å². The van der Waals surface area contributed by atoms with Crippen molar-refractivity contribution in [1.29, 1.82) is 0 Å². The minimum absolute atomic E-state index is 0.0272. The Morgan fingerprint density at radius 3 is 2.60 bits per heavy atom. The fourth-order valence-electron chi connectivity index (χ4n) is 2.61. The Morgan fingerprint density at radius 2 is 1.96 bits per heavy atom. The molecular formula is C16H17FN4O3S. The van der Waals surface area contributed by atoms with E-state index in [1.165, 1.54) is 12.1 Å². The number of carbonyl (C=O) groups is 1. The molecule has 1 aromatic heterocycles. The van der Waals surface area contributed by atoms with Crippen LogP contribution in [0, 0.1) is 5.82 Å². The van der Waals surface area contributed by atoms with E-state index in [1.54, 1.807) is 24.3 Å². The smallest absolute Gasteiger partial charge is 0.229 e. The highest BCUT2D eigenvalue weighted by atomic mass is 32.2. The van der Waals surface area contributed by atoms with Crippen LogP contribution in [0.25, 0.3) is 0 Å². The average Bonchev–Trinajstić information content (AvgIpc) is 2.88. The van der Waals surface area contributed by atoms with Gasteiger partial charge in [0.05, 0.1) is 17.9 Å². The molecule has 1 fully saturated rings. The van der Waals surface area contributed by atoms with Crippen molar-refractivity contribution in [3.05, 3.63) is 47.8 Å². The van der Waals surface area contributed by atoms with Gasteiger partial charge in [0.25, 0.3) is 0 Å². The Kier molecular flexibility index (Phi) is 4.93. The van der Waals surface area contributed by atoms with Crippen LogP contribution >= 0.6 is 0 Å². The Morgan fingerprint density at radius 1 is 1.20 bits per heavy atom. The van der Waals surface area contributed by atoms with Gasteiger partial charge in [-0.25, -0.2) is 12.8 Å². The van der Waals surface area contributed by atoms with Gasteiger partial charge in [-0.15, -0.1) is 10.2 Å². The SMILES string of the molecule is O=C(Cc1cccc(F)c1)Nc1ccc(NC2CCS(=O)(=O)C2)nn1. The van der Waals surface area contributed by atoms with Crippen molar-refractivity contribution in [3.63, 3.8) is 0 Å². The Hall–Kier alpha value is -2.55. The Bertz CT molecular complexity index is 871. The predicted octanol–water partition coefficient (Wildman–Crippen LogP) is 1.40. The molecule has 2 aromatic rings. The van der Waals surface area contributed by atoms with Crippen molar-refractivity contribution in [2.45, 2.75) is 18.9 Å². The number of hydrogen-bond acceptors (Lipinski definition) is 6. The number of nitrogens with zero attached hydrogens (tertiary/aromatic N) is 2. The standard InChI is InChI=1S/C16H17FN4O3S/c17-12-3-1-2-11(8-12)9-16(22)19-15-5-4-14(20-21-15)18-13-6-7-25(23,24)10-13/h1-5,8,13H,6-7,9-10H2,(H,18,20)(H,19,21,22). The summed E-state index contributed by atoms with van der Waals surface area (Å²) >= 11 is 0. The van der Waals surface area contributed by atoms with Crippen molar-refractivity contribution in [3.8, 4) is 0 Å². The number of halogens is 1. The van der Waals surface area contributed by atoms with E-state index >= 15 is 0 Å². The van der Waals surface area contributed by atoms with E-state index in [2.05, 4.69) is 20.8 Å². The van der Waals surface area contributed by atoms with Gasteiger partial charge in [-0.05, 0) is 36.2 Å². The Labute approximate surface area is 144 Å². The summed E-state index contributed by atoms with van der Waals surface area (Å²) in [5, 5.41) is 13.4. The van der Waals surface area contributed by atoms with Crippen LogP contribution in [0.5, 0.6) is 0 Å². The van der Waals surface area contributed by atoms with E-state index < -0.39 is 15.7 Å². The first-order valence-corrected chi connectivity index (χ1v) is 9.57. The number of benzene rings is 1. The molecular weight excluding hydrogens is 347 g/mol. The maximum atomic E-state index is 13.1. The molecule has 3 rings (SSSR count). The van der Waals surface area contributed by atoms with Crippen LogP contribution in [0.2, 0.25) is 0 Å². The normalized spacial score (nSPS) is 18.7. The highest BCUT2D eigenvalue weighted by Gasteiger charge is 2.27. The minimum Gasteiger partial charge on any atom is -0.365 e. The van der Waals surface area contributed by atoms with Gasteiger partial charge in [0, 0.05) is 6.04 Å². The summed E-state index contributed by atoms with van der Waals surface area (Å²) in [7, 11) is -2.97. The summed E-state index contributed by atoms with van der Waals surface area (Å²) in [6.45, 7) is 0. The van der Waals surface area contributed by atoms with Gasteiger partial charge in [0.15, 0.2) is 15.7 Å². The molecule has 2 heterocycles. The number of carbonyl (C=O) groups excluding carboxylic acids is 1. The lowest BCUT2D eigenvalue weighted by atomic mass is 10.1. The summed E-state index contributed by atoms with van der Waals surface area (Å²) in [4.78, 5) is 11.9. The van der Waals surface area contributed by atoms with Gasteiger partial charge in [0.1, 0.15) is 11.6 Å². The van der Waals surface area contributed by atoms with Crippen LogP contribution in [0.4, 0.5) is 16.0 Å². The third-order valence-corrected chi connectivity index (χ3v) is 5.54. The Balaban J connectivity index is 1.54. The molecule has 1 atom stereocenters. The largest absolute Gasteiger partial charge is 0.365 e. The first-order chi connectivity index (χ1) is 11.9. The number of anilines is 2. The van der Waals surface area contributed by atoms with Crippen LogP contribution in [0.1, 0.15) is 12.0 Å². The zero-order valence-electron chi connectivity index (χ0n) is 13.3. The summed E-state index contributed by atoms with van der Waals surface area (Å²) < 4.78 is 36.0. The van der Waals surface area contributed by atoms with Crippen molar-refractivity contribution in [1.82, 2.24) is 10.2 Å². The van der Waals surface area contributed by atoms with Gasteiger partial charge in [0.2, 0.25) is 5.91 Å². The highest BCUT2D eigenvalue weighted by Crippen LogP contribution is 2.16. The maximum absolute atomic E-state index is 13.1. The first-order valence-electron chi connectivity index (χ1n) is 7.75. The summed E-state index contributed by atoms with van der Waals surface area (Å²) in [5.41, 5.74) is 0.561. The molecule has 25 heavy (non-hydrogen) atoms. The molecule has 1 aromatic carbocycles. The molecule has 2 N–H and O–H groups in total. The maximum Gasteiger partial charge on any atom is 0.229 e. The average molecular weight is 364 g/mol. The molecule has 0 aliphatic carbocycles. The van der Waals surface area contributed by atoms with E-state index in [9.17, 15) is 17.6 Å². The summed E-state index contributed by atoms with van der Waals surface area (Å²) in [6, 6.07) is 8.84. The van der Waals surface area contributed by atoms with Crippen molar-refractivity contribution in [2.24, 2.45) is 0 Å². The number of nitrogens with one attached hydrogen (secondary N) is 2. The van der Waals surface area contributed by atoms with Crippen LogP contribution in [0.15, 0.2) is 36.4 Å². The van der Waals surface area contributed by atoms with Crippen molar-refractivity contribution < 1.29 is 17.6 Å². The molecule has 132 valence electrons. The van der Waals surface area contributed by atoms with Gasteiger partial charge in [-0.2, -0.15) is 0 Å². The second-order valence-electron chi connectivity index (χ2n) is 5.90. The van der Waals surface area contributed by atoms with Gasteiger partial charge in [-0.1, -0.05) is 12.1 Å². The molecule has 0 radical (unpaired) electrons. The zero-order chi connectivity index (χ0) is 17.9. The first kappa shape index (κ1) is 17.3. The number of rotatable bonds is 5. The number of sulfone groups is 1. The number of hydrogen-bond donors (Lipinski definition) is 2. The zero-order valence-corrected chi connectivity index (χ0v) is 14.1. The summed E-state index contributed by atoms with van der Waals surface area (Å²) in [6.07, 6.45) is 0.565. The van der Waals surface area contributed by atoms with E-state index in [0.29, 0.717) is 17.8 Å². The molecule has 0 bridgehead atoms. The van der Waals surface area contributed by atoms with Gasteiger partial charge in [-0.3, -0.25) is 4.79 Å². The topological polar surface area (TPSA) is 101 Å². The fourth-order valence-corrected chi connectivity index (χ4v) is 4.29. The molecule has 9 heteroatoms. The van der Waals surface area contributed by atoms with Gasteiger partial charge >= 0.3 is 0 Å². The third-order valence-electron chi connectivity index (χ3n) is 3.77. The second-order valence-corrected chi connectivity index (χ2v) is 8.13. The molecule has 0 spiro atoms. The van der Waals surface area contributed by atoms with Crippen LogP contribution in [0.3, 0.4) is 0 Å². The quantitative estimate of drug-likeness (QED) is 0.832. The minimum atomic E-state index is -2.97. The lowest BCUT2D eigenvalue weighted by Crippen LogP contribution is -2.21. The molecule has 1 aliphatic rings. The monoisotopic (exact) mass is 364 g/mol. The molecule has 1 saturated heterocycles. The van der Waals surface area contributed by atoms with E-state index in [4.69, 9.17) is 0 Å². The van der Waals surface area contributed by atoms with Crippen molar-refractivity contribution >= 4 is 27.4 Å². The highest BCUT2D eigenvalue weighted by molar-refractivity contribution is 7.91. The summed E-state index contributed by atoms with van der Waals surface area (Å²) in [5.74, 6) is 0.251. The lowest BCUT2D eigenvalue weighted by molar-refractivity contribution is -0.115. The van der Waals surface area contributed by atoms with E-state index in [1.807, 2.05) is 0 Å². The van der Waals surface area contributed by atoms with Crippen LogP contribution in [-0.4, -0.2) is 42.1 Å².